The number of unbranched alkanes of at least 4 members (excludes halogenated alkanes) is 41. The van der Waals surface area contributed by atoms with Crippen molar-refractivity contribution in [2.45, 2.75) is 341 Å². The van der Waals surface area contributed by atoms with Gasteiger partial charge in [0.15, 0.2) is 12.4 Å². The molecule has 0 aliphatic carbocycles. The maximum Gasteiger partial charge on any atom is 0.306 e. The van der Waals surface area contributed by atoms with Gasteiger partial charge < -0.3 is 33.3 Å². The number of nitrogens with zero attached hydrogens (tertiary/aromatic N) is 1. The first kappa shape index (κ1) is 77.2. The molecule has 0 amide bonds. The Morgan fingerprint density at radius 3 is 1.06 bits per heavy atom. The summed E-state index contributed by atoms with van der Waals surface area (Å²) in [7, 11) is 5.94. The van der Waals surface area contributed by atoms with Gasteiger partial charge in [-0.2, -0.15) is 0 Å². The lowest BCUT2D eigenvalue weighted by atomic mass is 10.0. The fraction of sp³-hybridized carbons (Fsp3) is 0.845. The minimum absolute atomic E-state index is 0.151. The van der Waals surface area contributed by atoms with E-state index in [2.05, 4.69) is 62.5 Å². The van der Waals surface area contributed by atoms with Crippen molar-refractivity contribution in [3.05, 3.63) is 48.6 Å². The minimum Gasteiger partial charge on any atom is -0.545 e. The summed E-state index contributed by atoms with van der Waals surface area (Å²) in [5.41, 5.74) is 0. The Labute approximate surface area is 495 Å². The summed E-state index contributed by atoms with van der Waals surface area (Å²) < 4.78 is 22.7. The molecule has 9 nitrogen and oxygen atoms in total. The van der Waals surface area contributed by atoms with Crippen LogP contribution in [0.25, 0.3) is 0 Å². The highest BCUT2D eigenvalue weighted by molar-refractivity contribution is 5.70. The van der Waals surface area contributed by atoms with E-state index in [9.17, 15) is 19.5 Å². The van der Waals surface area contributed by atoms with E-state index in [1.807, 2.05) is 21.1 Å². The summed E-state index contributed by atoms with van der Waals surface area (Å²) in [6.07, 6.45) is 76.5. The fourth-order valence-corrected chi connectivity index (χ4v) is 10.1. The molecule has 0 aromatic rings. The molecule has 0 heterocycles. The first-order valence-electron chi connectivity index (χ1n) is 34.3. The molecule has 80 heavy (non-hydrogen) atoms. The van der Waals surface area contributed by atoms with Crippen molar-refractivity contribution in [3.63, 3.8) is 0 Å². The van der Waals surface area contributed by atoms with Crippen LogP contribution in [0.4, 0.5) is 0 Å². The second kappa shape index (κ2) is 62.3. The lowest BCUT2D eigenvalue weighted by molar-refractivity contribution is -0.870. The van der Waals surface area contributed by atoms with Crippen LogP contribution in [0.15, 0.2) is 48.6 Å². The van der Waals surface area contributed by atoms with Crippen LogP contribution < -0.4 is 5.11 Å². The molecule has 468 valence electrons. The standard InChI is InChI=1S/C71H131NO8/c1-6-8-10-12-14-16-18-20-22-23-24-25-26-27-28-29-30-31-32-33-34-35-36-37-38-39-40-41-42-43-44-45-46-47-48-50-52-54-56-58-60-62-69(74)80-67(66-79-71(70(75)76)77-64-63-72(3,4)5)65-78-68(73)61-59-57-55-53-51-49-21-19-17-15-13-11-9-7-2/h8,10,14,16,20,22,24-25,67,71H,6-7,9,11-13,15,17-19,21,23,26-66H2,1-5H3/b10-8-,16-14-,22-20-,25-24-. The van der Waals surface area contributed by atoms with Gasteiger partial charge in [0.05, 0.1) is 40.3 Å². The molecule has 0 aromatic carbocycles. The lowest BCUT2D eigenvalue weighted by Crippen LogP contribution is -2.44. The number of likely N-dealkylation sites (N-methyl/N-ethyl adjacent to an activating group) is 1. The van der Waals surface area contributed by atoms with Gasteiger partial charge in [-0.25, -0.2) is 0 Å². The second-order valence-electron chi connectivity index (χ2n) is 24.4. The van der Waals surface area contributed by atoms with E-state index in [1.165, 1.54) is 238 Å². The molecular formula is C71H131NO8. The van der Waals surface area contributed by atoms with Gasteiger partial charge in [-0.1, -0.05) is 313 Å². The monoisotopic (exact) mass is 1130 g/mol. The molecule has 0 fully saturated rings. The van der Waals surface area contributed by atoms with Crippen LogP contribution >= 0.6 is 0 Å². The smallest absolute Gasteiger partial charge is 0.306 e. The Bertz CT molecular complexity index is 1450. The van der Waals surface area contributed by atoms with Crippen molar-refractivity contribution in [3.8, 4) is 0 Å². The van der Waals surface area contributed by atoms with Gasteiger partial charge >= 0.3 is 11.9 Å². The Hall–Kier alpha value is -2.75. The Kier molecular flexibility index (Phi) is 60.2. The molecule has 2 atom stereocenters. The average molecular weight is 1130 g/mol. The molecular weight excluding hydrogens is 995 g/mol. The third-order valence-electron chi connectivity index (χ3n) is 15.3. The number of carboxylic acid groups (broad SMARTS) is 1. The number of hydrogen-bond acceptors (Lipinski definition) is 8. The van der Waals surface area contributed by atoms with Crippen LogP contribution in [0.5, 0.6) is 0 Å². The summed E-state index contributed by atoms with van der Waals surface area (Å²) in [4.78, 5) is 37.3. The van der Waals surface area contributed by atoms with E-state index < -0.39 is 24.3 Å². The van der Waals surface area contributed by atoms with Crippen LogP contribution in [0.2, 0.25) is 0 Å². The molecule has 2 unspecified atom stereocenters. The minimum atomic E-state index is -1.62. The summed E-state index contributed by atoms with van der Waals surface area (Å²) >= 11 is 0. The third kappa shape index (κ3) is 62.8. The lowest BCUT2D eigenvalue weighted by Gasteiger charge is -2.26. The number of carboxylic acids is 1. The van der Waals surface area contributed by atoms with Crippen molar-refractivity contribution in [1.82, 2.24) is 0 Å². The number of esters is 2. The van der Waals surface area contributed by atoms with Crippen LogP contribution in [0.3, 0.4) is 0 Å². The normalized spacial score (nSPS) is 13.0. The van der Waals surface area contributed by atoms with Gasteiger partial charge in [0.2, 0.25) is 0 Å². The van der Waals surface area contributed by atoms with Crippen molar-refractivity contribution < 1.29 is 42.9 Å². The summed E-state index contributed by atoms with van der Waals surface area (Å²) in [6.45, 7) is 4.68. The molecule has 0 radical (unpaired) electrons. The first-order valence-corrected chi connectivity index (χ1v) is 34.3. The zero-order valence-corrected chi connectivity index (χ0v) is 53.5. The molecule has 0 aliphatic rings. The van der Waals surface area contributed by atoms with E-state index in [1.54, 1.807) is 0 Å². The van der Waals surface area contributed by atoms with Crippen LogP contribution in [0, 0.1) is 0 Å². The molecule has 0 aromatic heterocycles. The molecule has 0 rings (SSSR count). The molecule has 0 N–H and O–H groups in total. The van der Waals surface area contributed by atoms with E-state index in [0.29, 0.717) is 17.4 Å². The Morgan fingerprint density at radius 1 is 0.388 bits per heavy atom. The fourth-order valence-electron chi connectivity index (χ4n) is 10.1. The van der Waals surface area contributed by atoms with Gasteiger partial charge in [0.25, 0.3) is 0 Å². The molecule has 0 bridgehead atoms. The highest BCUT2D eigenvalue weighted by atomic mass is 16.7. The number of quaternary nitrogens is 1. The van der Waals surface area contributed by atoms with Gasteiger partial charge in [0, 0.05) is 12.8 Å². The molecule has 0 saturated carbocycles. The van der Waals surface area contributed by atoms with Gasteiger partial charge in [-0.15, -0.1) is 0 Å². The van der Waals surface area contributed by atoms with Crippen molar-refractivity contribution in [1.29, 1.82) is 0 Å². The van der Waals surface area contributed by atoms with Crippen molar-refractivity contribution in [2.24, 2.45) is 0 Å². The number of rotatable bonds is 64. The Balaban J connectivity index is 3.89. The predicted octanol–water partition coefficient (Wildman–Crippen LogP) is 19.6. The number of hydrogen-bond donors (Lipinski definition) is 0. The van der Waals surface area contributed by atoms with E-state index in [4.69, 9.17) is 18.9 Å². The molecule has 0 saturated heterocycles. The zero-order valence-electron chi connectivity index (χ0n) is 53.5. The number of aliphatic carboxylic acids is 1. The quantitative estimate of drug-likeness (QED) is 0.0195. The highest BCUT2D eigenvalue weighted by Crippen LogP contribution is 2.19. The van der Waals surface area contributed by atoms with Crippen LogP contribution in [-0.4, -0.2) is 82.3 Å². The predicted molar refractivity (Wildman–Crippen MR) is 339 cm³/mol. The number of carbonyl (C=O) groups excluding carboxylic acids is 3. The SMILES string of the molecule is CC/C=C\C/C=C\C/C=C\C/C=C\CCCCCCCCCCCCCCCCCCCCCCCCCCCCCCC(=O)OC(COC(=O)CCCCCCCCCCCCCCCC)COC(OCC[N+](C)(C)C)C(=O)[O-]. The third-order valence-corrected chi connectivity index (χ3v) is 15.3. The summed E-state index contributed by atoms with van der Waals surface area (Å²) in [5.74, 6) is -2.26. The topological polar surface area (TPSA) is 111 Å². The van der Waals surface area contributed by atoms with E-state index in [0.717, 1.165) is 64.2 Å². The van der Waals surface area contributed by atoms with E-state index >= 15 is 0 Å². The largest absolute Gasteiger partial charge is 0.545 e. The van der Waals surface area contributed by atoms with Gasteiger partial charge in [-0.3, -0.25) is 9.59 Å². The number of allylic oxidation sites excluding steroid dienone is 8. The first-order chi connectivity index (χ1) is 39.1. The average Bonchev–Trinajstić information content (AvgIpc) is 3.43. The zero-order chi connectivity index (χ0) is 58.3. The number of carbonyl (C=O) groups is 3. The highest BCUT2D eigenvalue weighted by Gasteiger charge is 2.22. The second-order valence-corrected chi connectivity index (χ2v) is 24.4. The number of ether oxygens (including phenoxy) is 4. The molecule has 9 heteroatoms. The Morgan fingerprint density at radius 2 is 0.713 bits per heavy atom. The molecule has 0 spiro atoms. The summed E-state index contributed by atoms with van der Waals surface area (Å²) in [6, 6.07) is 0. The van der Waals surface area contributed by atoms with Gasteiger partial charge in [0.1, 0.15) is 13.2 Å². The van der Waals surface area contributed by atoms with Crippen molar-refractivity contribution in [2.75, 3.05) is 47.5 Å². The summed E-state index contributed by atoms with van der Waals surface area (Å²) in [5, 5.41) is 11.8. The maximum absolute atomic E-state index is 12.9. The maximum atomic E-state index is 12.9. The van der Waals surface area contributed by atoms with Crippen molar-refractivity contribution >= 4 is 17.9 Å². The molecule has 0 aliphatic heterocycles. The van der Waals surface area contributed by atoms with Gasteiger partial charge in [-0.05, 0) is 51.4 Å². The van der Waals surface area contributed by atoms with Crippen LogP contribution in [-0.2, 0) is 33.3 Å². The van der Waals surface area contributed by atoms with E-state index in [-0.39, 0.29) is 32.2 Å². The van der Waals surface area contributed by atoms with Crippen LogP contribution in [0.1, 0.15) is 328 Å².